The van der Waals surface area contributed by atoms with Gasteiger partial charge in [0.25, 0.3) is 5.91 Å². The van der Waals surface area contributed by atoms with Crippen LogP contribution < -0.4 is 16.8 Å². The Morgan fingerprint density at radius 1 is 1.42 bits per heavy atom. The van der Waals surface area contributed by atoms with E-state index in [4.69, 9.17) is 11.5 Å². The van der Waals surface area contributed by atoms with Crippen LogP contribution in [0.3, 0.4) is 0 Å². The van der Waals surface area contributed by atoms with E-state index < -0.39 is 11.8 Å². The zero-order valence-electron chi connectivity index (χ0n) is 10.6. The van der Waals surface area contributed by atoms with Crippen LogP contribution in [-0.2, 0) is 4.79 Å². The number of amides is 2. The molecule has 6 nitrogen and oxygen atoms in total. The van der Waals surface area contributed by atoms with E-state index in [1.807, 2.05) is 19.9 Å². The Labute approximate surface area is 113 Å². The van der Waals surface area contributed by atoms with Crippen LogP contribution in [0.15, 0.2) is 6.07 Å². The smallest absolute Gasteiger partial charge is 0.264 e. The summed E-state index contributed by atoms with van der Waals surface area (Å²) in [4.78, 5) is 28.0. The van der Waals surface area contributed by atoms with Crippen molar-refractivity contribution in [2.45, 2.75) is 13.8 Å². The Hall–Kier alpha value is -2.15. The van der Waals surface area contributed by atoms with Crippen LogP contribution in [0, 0.1) is 13.8 Å². The van der Waals surface area contributed by atoms with Gasteiger partial charge >= 0.3 is 0 Å². The Kier molecular flexibility index (Phi) is 3.39. The van der Waals surface area contributed by atoms with Crippen molar-refractivity contribution >= 4 is 39.1 Å². The molecule has 0 saturated carbocycles. The minimum Gasteiger partial charge on any atom is -0.397 e. The first-order valence-corrected chi connectivity index (χ1v) is 6.44. The van der Waals surface area contributed by atoms with Gasteiger partial charge in [0.05, 0.1) is 12.2 Å². The van der Waals surface area contributed by atoms with Gasteiger partial charge in [-0.2, -0.15) is 0 Å². The summed E-state index contributed by atoms with van der Waals surface area (Å²) in [6.45, 7) is 3.60. The van der Waals surface area contributed by atoms with Gasteiger partial charge in [-0.1, -0.05) is 0 Å². The van der Waals surface area contributed by atoms with Crippen LogP contribution in [0.25, 0.3) is 10.2 Å². The predicted octanol–water partition coefficient (Wildman–Crippen LogP) is 0.710. The van der Waals surface area contributed by atoms with E-state index in [1.165, 1.54) is 11.3 Å². The molecule has 0 fully saturated rings. The monoisotopic (exact) mass is 278 g/mol. The molecule has 0 atom stereocenters. The zero-order valence-corrected chi connectivity index (χ0v) is 11.4. The summed E-state index contributed by atoms with van der Waals surface area (Å²) in [5.41, 5.74) is 13.2. The van der Waals surface area contributed by atoms with Gasteiger partial charge < -0.3 is 16.8 Å². The molecular formula is C12H14N4O2S. The lowest BCUT2D eigenvalue weighted by molar-refractivity contribution is -0.117. The number of anilines is 1. The lowest BCUT2D eigenvalue weighted by Crippen LogP contribution is -2.33. The summed E-state index contributed by atoms with van der Waals surface area (Å²) in [5, 5.41) is 3.21. The summed E-state index contributed by atoms with van der Waals surface area (Å²) >= 11 is 1.21. The molecule has 0 aliphatic heterocycles. The number of fused-ring (bicyclic) bond motifs is 1. The summed E-state index contributed by atoms with van der Waals surface area (Å²) in [7, 11) is 0. The number of primary amides is 1. The second-order valence-corrected chi connectivity index (χ2v) is 5.25. The van der Waals surface area contributed by atoms with Gasteiger partial charge in [0.1, 0.15) is 9.71 Å². The summed E-state index contributed by atoms with van der Waals surface area (Å²) in [6, 6.07) is 1.91. The van der Waals surface area contributed by atoms with E-state index in [9.17, 15) is 9.59 Å². The molecule has 19 heavy (non-hydrogen) atoms. The van der Waals surface area contributed by atoms with Crippen molar-refractivity contribution in [3.05, 3.63) is 22.2 Å². The minimum atomic E-state index is -0.599. The molecule has 100 valence electrons. The predicted molar refractivity (Wildman–Crippen MR) is 75.0 cm³/mol. The number of rotatable bonds is 3. The Bertz CT molecular complexity index is 678. The Morgan fingerprint density at radius 3 is 2.74 bits per heavy atom. The number of pyridine rings is 1. The third-order valence-corrected chi connectivity index (χ3v) is 3.75. The molecule has 0 bridgehead atoms. The molecular weight excluding hydrogens is 264 g/mol. The third kappa shape index (κ3) is 2.50. The molecule has 2 aromatic heterocycles. The topological polar surface area (TPSA) is 111 Å². The van der Waals surface area contributed by atoms with E-state index in [-0.39, 0.29) is 6.54 Å². The maximum atomic E-state index is 11.9. The van der Waals surface area contributed by atoms with Gasteiger partial charge in [0, 0.05) is 11.1 Å². The molecule has 2 amide bonds. The van der Waals surface area contributed by atoms with Crippen LogP contribution >= 0.6 is 11.3 Å². The third-order valence-electron chi connectivity index (χ3n) is 2.65. The van der Waals surface area contributed by atoms with Crippen molar-refractivity contribution in [2.24, 2.45) is 5.73 Å². The highest BCUT2D eigenvalue weighted by molar-refractivity contribution is 7.21. The largest absolute Gasteiger partial charge is 0.397 e. The van der Waals surface area contributed by atoms with Crippen LogP contribution in [-0.4, -0.2) is 23.3 Å². The molecule has 0 aliphatic carbocycles. The minimum absolute atomic E-state index is 0.210. The molecule has 0 saturated heterocycles. The van der Waals surface area contributed by atoms with Crippen LogP contribution in [0.2, 0.25) is 0 Å². The standard InChI is InChI=1S/C12H14N4O2S/c1-5-3-6(2)16-12-8(5)9(14)10(19-12)11(18)15-4-7(13)17/h3H,4,14H2,1-2H3,(H2,13,17)(H,15,18). The van der Waals surface area contributed by atoms with E-state index in [2.05, 4.69) is 10.3 Å². The normalized spacial score (nSPS) is 10.6. The number of hydrogen-bond donors (Lipinski definition) is 3. The number of nitrogen functional groups attached to an aromatic ring is 1. The molecule has 0 spiro atoms. The average Bonchev–Trinajstić information content (AvgIpc) is 2.63. The first-order valence-electron chi connectivity index (χ1n) is 5.63. The van der Waals surface area contributed by atoms with Crippen molar-refractivity contribution in [3.8, 4) is 0 Å². The average molecular weight is 278 g/mol. The van der Waals surface area contributed by atoms with E-state index in [0.29, 0.717) is 10.6 Å². The van der Waals surface area contributed by atoms with Crippen molar-refractivity contribution in [3.63, 3.8) is 0 Å². The second kappa shape index (κ2) is 4.85. The van der Waals surface area contributed by atoms with Gasteiger partial charge in [-0.05, 0) is 25.5 Å². The quantitative estimate of drug-likeness (QED) is 0.767. The van der Waals surface area contributed by atoms with Crippen molar-refractivity contribution < 1.29 is 9.59 Å². The van der Waals surface area contributed by atoms with Gasteiger partial charge in [0.15, 0.2) is 0 Å². The summed E-state index contributed by atoms with van der Waals surface area (Å²) in [5.74, 6) is -1.01. The van der Waals surface area contributed by atoms with E-state index in [1.54, 1.807) is 0 Å². The molecule has 0 aliphatic rings. The zero-order chi connectivity index (χ0) is 14.2. The number of nitrogens with zero attached hydrogens (tertiary/aromatic N) is 1. The molecule has 0 unspecified atom stereocenters. The maximum absolute atomic E-state index is 11.9. The van der Waals surface area contributed by atoms with Gasteiger partial charge in [-0.25, -0.2) is 4.98 Å². The second-order valence-electron chi connectivity index (χ2n) is 4.25. The first kappa shape index (κ1) is 13.3. The van der Waals surface area contributed by atoms with Gasteiger partial charge in [-0.15, -0.1) is 11.3 Å². The lowest BCUT2D eigenvalue weighted by Gasteiger charge is -2.01. The van der Waals surface area contributed by atoms with E-state index >= 15 is 0 Å². The number of carbonyl (C=O) groups excluding carboxylic acids is 2. The number of aryl methyl sites for hydroxylation is 2. The fourth-order valence-electron chi connectivity index (χ4n) is 1.89. The number of carbonyl (C=O) groups is 2. The van der Waals surface area contributed by atoms with Crippen LogP contribution in [0.4, 0.5) is 5.69 Å². The van der Waals surface area contributed by atoms with Crippen molar-refractivity contribution in [1.82, 2.24) is 10.3 Å². The van der Waals surface area contributed by atoms with Gasteiger partial charge in [-0.3, -0.25) is 9.59 Å². The number of hydrogen-bond acceptors (Lipinski definition) is 5. The summed E-state index contributed by atoms with van der Waals surface area (Å²) < 4.78 is 0. The number of aromatic nitrogens is 1. The molecule has 5 N–H and O–H groups in total. The van der Waals surface area contributed by atoms with E-state index in [0.717, 1.165) is 21.5 Å². The number of nitrogens with one attached hydrogen (secondary N) is 1. The highest BCUT2D eigenvalue weighted by atomic mass is 32.1. The highest BCUT2D eigenvalue weighted by Gasteiger charge is 2.18. The van der Waals surface area contributed by atoms with Crippen LogP contribution in [0.5, 0.6) is 0 Å². The molecule has 2 rings (SSSR count). The highest BCUT2D eigenvalue weighted by Crippen LogP contribution is 2.34. The van der Waals surface area contributed by atoms with Crippen molar-refractivity contribution in [1.29, 1.82) is 0 Å². The SMILES string of the molecule is Cc1cc(C)c2c(N)c(C(=O)NCC(N)=O)sc2n1. The lowest BCUT2D eigenvalue weighted by atomic mass is 10.1. The fourth-order valence-corrected chi connectivity index (χ4v) is 3.02. The summed E-state index contributed by atoms with van der Waals surface area (Å²) in [6.07, 6.45) is 0. The fraction of sp³-hybridized carbons (Fsp3) is 0.250. The molecule has 0 aromatic carbocycles. The molecule has 7 heteroatoms. The first-order chi connectivity index (χ1) is 8.90. The molecule has 0 radical (unpaired) electrons. The molecule has 2 aromatic rings. The number of nitrogens with two attached hydrogens (primary N) is 2. The Balaban J connectivity index is 2.45. The van der Waals surface area contributed by atoms with Crippen molar-refractivity contribution in [2.75, 3.05) is 12.3 Å². The maximum Gasteiger partial charge on any atom is 0.264 e. The van der Waals surface area contributed by atoms with Crippen LogP contribution in [0.1, 0.15) is 20.9 Å². The van der Waals surface area contributed by atoms with Gasteiger partial charge in [0.2, 0.25) is 5.91 Å². The Morgan fingerprint density at radius 2 is 2.11 bits per heavy atom. The number of thiophene rings is 1. The molecule has 2 heterocycles.